The molecular weight excluding hydrogens is 334 g/mol. The van der Waals surface area contributed by atoms with Crippen LogP contribution in [0.25, 0.3) is 0 Å². The summed E-state index contributed by atoms with van der Waals surface area (Å²) in [5, 5.41) is 10.3. The third-order valence-corrected chi connectivity index (χ3v) is 5.68. The Morgan fingerprint density at radius 3 is 1.74 bits per heavy atom. The summed E-state index contributed by atoms with van der Waals surface area (Å²) in [4.78, 5) is 10.3. The Kier molecular flexibility index (Phi) is 13.7. The van der Waals surface area contributed by atoms with Gasteiger partial charge in [0.05, 0.1) is 0 Å². The summed E-state index contributed by atoms with van der Waals surface area (Å²) in [5.74, 6) is -0.907. The molecule has 0 amide bonds. The van der Waals surface area contributed by atoms with Crippen LogP contribution in [0.4, 0.5) is 0 Å². The number of aliphatic carboxylic acids is 1. The predicted octanol–water partition coefficient (Wildman–Crippen LogP) is 4.96. The van der Waals surface area contributed by atoms with Gasteiger partial charge in [-0.2, -0.15) is 0 Å². The topological polar surface area (TPSA) is 44.0 Å². The lowest BCUT2D eigenvalue weighted by atomic mass is 10.0. The number of carboxylic acids is 1. The van der Waals surface area contributed by atoms with Crippen LogP contribution in [0.2, 0.25) is 0 Å². The molecule has 0 bridgehead atoms. The number of carbonyl (C=O) groups is 1. The van der Waals surface area contributed by atoms with Gasteiger partial charge in [0, 0.05) is 24.5 Å². The molecule has 0 aliphatic heterocycles. The van der Waals surface area contributed by atoms with Crippen LogP contribution in [0.5, 0.6) is 0 Å². The molecule has 0 aliphatic carbocycles. The van der Waals surface area contributed by atoms with Crippen molar-refractivity contribution in [2.45, 2.75) is 110 Å². The fraction of sp³-hybridized carbons (Fsp3) is 0.750. The van der Waals surface area contributed by atoms with Gasteiger partial charge in [-0.15, -0.1) is 0 Å². The van der Waals surface area contributed by atoms with E-state index >= 15 is 0 Å². The van der Waals surface area contributed by atoms with Crippen molar-refractivity contribution >= 4 is 5.97 Å². The zero-order valence-corrected chi connectivity index (χ0v) is 17.8. The third-order valence-electron chi connectivity index (χ3n) is 5.68. The van der Waals surface area contributed by atoms with Crippen molar-refractivity contribution in [2.24, 2.45) is 7.05 Å². The van der Waals surface area contributed by atoms with E-state index in [1.165, 1.54) is 94.7 Å². The number of unbranched alkanes of at least 4 members (excludes halogenated alkanes) is 13. The Morgan fingerprint density at radius 2 is 1.26 bits per heavy atom. The highest BCUT2D eigenvalue weighted by molar-refractivity contribution is 5.64. The molecule has 0 unspecified atom stereocenters. The Labute approximate surface area is 167 Å². The number of aryl methyl sites for hydroxylation is 2. The van der Waals surface area contributed by atoms with E-state index in [0.29, 0.717) is 0 Å². The number of hydrogen-bond acceptors (Lipinski definition) is 2. The van der Waals surface area contributed by atoms with Gasteiger partial charge >= 0.3 is 0 Å². The van der Waals surface area contributed by atoms with Crippen LogP contribution >= 0.6 is 0 Å². The van der Waals surface area contributed by atoms with E-state index in [-0.39, 0.29) is 6.42 Å². The maximum atomic E-state index is 10.3. The molecule has 3 nitrogen and oxygen atoms in total. The molecule has 154 valence electrons. The van der Waals surface area contributed by atoms with Gasteiger partial charge in [-0.05, 0) is 31.7 Å². The number of pyridine rings is 1. The van der Waals surface area contributed by atoms with Gasteiger partial charge < -0.3 is 9.90 Å². The Balaban J connectivity index is 1.80. The van der Waals surface area contributed by atoms with Crippen LogP contribution in [0.15, 0.2) is 18.3 Å². The van der Waals surface area contributed by atoms with Crippen LogP contribution in [-0.4, -0.2) is 5.97 Å². The first kappa shape index (κ1) is 23.7. The monoisotopic (exact) mass is 375 g/mol. The smallest absolute Gasteiger partial charge is 0.181 e. The number of hydrogen-bond donors (Lipinski definition) is 0. The molecule has 0 saturated carbocycles. The van der Waals surface area contributed by atoms with Crippen molar-refractivity contribution < 1.29 is 14.5 Å². The van der Waals surface area contributed by atoms with Crippen molar-refractivity contribution in [1.29, 1.82) is 0 Å². The fourth-order valence-corrected chi connectivity index (χ4v) is 3.72. The quantitative estimate of drug-likeness (QED) is 0.285. The first-order chi connectivity index (χ1) is 13.1. The lowest BCUT2D eigenvalue weighted by Crippen LogP contribution is -2.32. The molecule has 0 atom stereocenters. The second-order valence-corrected chi connectivity index (χ2v) is 8.05. The molecule has 3 heteroatoms. The number of rotatable bonds is 17. The molecule has 0 aliphatic rings. The Morgan fingerprint density at radius 1 is 0.815 bits per heavy atom. The van der Waals surface area contributed by atoms with E-state index in [2.05, 4.69) is 36.9 Å². The summed E-state index contributed by atoms with van der Waals surface area (Å²) >= 11 is 0. The second-order valence-electron chi connectivity index (χ2n) is 8.05. The highest BCUT2D eigenvalue weighted by atomic mass is 16.4. The van der Waals surface area contributed by atoms with Crippen molar-refractivity contribution in [2.75, 3.05) is 0 Å². The molecule has 0 N–H and O–H groups in total. The molecule has 1 aromatic rings. The standard InChI is InChI=1S/C24H41NO2/c1-22-23(19-17-21-25(22)2)18-15-13-11-9-7-5-3-4-6-8-10-12-14-16-20-24(26)27/h17,19,21H,3-16,18,20H2,1-2H3. The van der Waals surface area contributed by atoms with Crippen LogP contribution in [0.3, 0.4) is 0 Å². The largest absolute Gasteiger partial charge is 0.550 e. The number of nitrogens with zero attached hydrogens (tertiary/aromatic N) is 1. The lowest BCUT2D eigenvalue weighted by molar-refractivity contribution is -0.678. The van der Waals surface area contributed by atoms with Gasteiger partial charge in [0.15, 0.2) is 11.9 Å². The van der Waals surface area contributed by atoms with Crippen molar-refractivity contribution in [1.82, 2.24) is 0 Å². The first-order valence-electron chi connectivity index (χ1n) is 11.2. The van der Waals surface area contributed by atoms with Gasteiger partial charge in [-0.25, -0.2) is 4.57 Å². The van der Waals surface area contributed by atoms with Gasteiger partial charge in [0.1, 0.15) is 7.05 Å². The fourth-order valence-electron chi connectivity index (χ4n) is 3.72. The van der Waals surface area contributed by atoms with E-state index in [1.807, 2.05) is 0 Å². The minimum absolute atomic E-state index is 0.227. The summed E-state index contributed by atoms with van der Waals surface area (Å²) in [7, 11) is 2.12. The molecule has 1 heterocycles. The Hall–Kier alpha value is -1.38. The molecule has 1 rings (SSSR count). The van der Waals surface area contributed by atoms with Gasteiger partial charge in [-0.3, -0.25) is 0 Å². The Bertz CT molecular complexity index is 513. The van der Waals surface area contributed by atoms with Crippen LogP contribution in [0.1, 0.15) is 108 Å². The maximum absolute atomic E-state index is 10.3. The molecule has 0 fully saturated rings. The van der Waals surface area contributed by atoms with E-state index < -0.39 is 5.97 Å². The van der Waals surface area contributed by atoms with Crippen molar-refractivity contribution in [3.8, 4) is 0 Å². The van der Waals surface area contributed by atoms with Crippen LogP contribution in [0, 0.1) is 6.92 Å². The second kappa shape index (κ2) is 15.7. The molecule has 0 saturated heterocycles. The molecule has 0 spiro atoms. The maximum Gasteiger partial charge on any atom is 0.181 e. The summed E-state index contributed by atoms with van der Waals surface area (Å²) in [5.41, 5.74) is 2.90. The summed E-state index contributed by atoms with van der Waals surface area (Å²) in [6.45, 7) is 2.21. The molecule has 0 radical (unpaired) electrons. The summed E-state index contributed by atoms with van der Waals surface area (Å²) < 4.78 is 2.21. The third kappa shape index (κ3) is 12.6. The van der Waals surface area contributed by atoms with E-state index in [4.69, 9.17) is 0 Å². The average molecular weight is 376 g/mol. The van der Waals surface area contributed by atoms with E-state index in [1.54, 1.807) is 0 Å². The summed E-state index contributed by atoms with van der Waals surface area (Å²) in [6.07, 6.45) is 21.4. The number of aromatic nitrogens is 1. The van der Waals surface area contributed by atoms with Gasteiger partial charge in [0.25, 0.3) is 0 Å². The molecule has 27 heavy (non-hydrogen) atoms. The van der Waals surface area contributed by atoms with E-state index in [9.17, 15) is 9.90 Å². The van der Waals surface area contributed by atoms with E-state index in [0.717, 1.165) is 12.8 Å². The molecule has 1 aromatic heterocycles. The minimum Gasteiger partial charge on any atom is -0.550 e. The lowest BCUT2D eigenvalue weighted by Gasteiger charge is -2.05. The normalized spacial score (nSPS) is 11.0. The highest BCUT2D eigenvalue weighted by Gasteiger charge is 2.06. The number of carbonyl (C=O) groups excluding carboxylic acids is 1. The van der Waals surface area contributed by atoms with Crippen LogP contribution in [-0.2, 0) is 18.3 Å². The highest BCUT2D eigenvalue weighted by Crippen LogP contribution is 2.14. The van der Waals surface area contributed by atoms with Crippen molar-refractivity contribution in [3.63, 3.8) is 0 Å². The van der Waals surface area contributed by atoms with Crippen LogP contribution < -0.4 is 9.67 Å². The number of carboxylic acid groups (broad SMARTS) is 1. The SMILES string of the molecule is Cc1c(CCCCCCCCCCCCCCCCC(=O)[O-])ccc[n+]1C. The van der Waals surface area contributed by atoms with Gasteiger partial charge in [-0.1, -0.05) is 77.0 Å². The van der Waals surface area contributed by atoms with Crippen molar-refractivity contribution in [3.05, 3.63) is 29.6 Å². The first-order valence-corrected chi connectivity index (χ1v) is 11.2. The average Bonchev–Trinajstić information content (AvgIpc) is 2.64. The predicted molar refractivity (Wildman–Crippen MR) is 110 cm³/mol. The molecular formula is C24H41NO2. The van der Waals surface area contributed by atoms with Gasteiger partial charge in [0.2, 0.25) is 0 Å². The minimum atomic E-state index is -0.907. The summed E-state index contributed by atoms with van der Waals surface area (Å²) in [6, 6.07) is 4.42. The zero-order valence-electron chi connectivity index (χ0n) is 17.8. The molecule has 0 aromatic carbocycles. The zero-order chi connectivity index (χ0) is 19.7.